The number of H-pyrrole nitrogens is 1. The normalized spacial score (nSPS) is 10.4. The van der Waals surface area contributed by atoms with E-state index in [1.807, 2.05) is 4.98 Å². The lowest BCUT2D eigenvalue weighted by Gasteiger charge is -2.04. The number of anilines is 1. The molecule has 2 aromatic rings. The van der Waals surface area contributed by atoms with Crippen molar-refractivity contribution in [3.05, 3.63) is 56.9 Å². The van der Waals surface area contributed by atoms with Gasteiger partial charge in [0.15, 0.2) is 0 Å². The monoisotopic (exact) mass is 236 g/mol. The molecule has 7 heteroatoms. The van der Waals surface area contributed by atoms with Gasteiger partial charge in [0.2, 0.25) is 5.82 Å². The Morgan fingerprint density at radius 1 is 1.47 bits per heavy atom. The number of nitrogens with two attached hydrogens (primary N) is 1. The van der Waals surface area contributed by atoms with Gasteiger partial charge in [0, 0.05) is 11.9 Å². The fourth-order valence-corrected chi connectivity index (χ4v) is 1.36. The summed E-state index contributed by atoms with van der Waals surface area (Å²) < 4.78 is 14.0. The van der Waals surface area contributed by atoms with Crippen LogP contribution in [0.1, 0.15) is 5.69 Å². The molecular formula is C10H9FN4O2. The first-order valence-electron chi connectivity index (χ1n) is 4.76. The maximum absolute atomic E-state index is 13.0. The summed E-state index contributed by atoms with van der Waals surface area (Å²) in [5.74, 6) is -1.02. The van der Waals surface area contributed by atoms with Crippen molar-refractivity contribution in [2.75, 3.05) is 5.73 Å². The Bertz CT molecular complexity index is 662. The van der Waals surface area contributed by atoms with Crippen LogP contribution in [0.3, 0.4) is 0 Å². The minimum atomic E-state index is -1.04. The molecule has 3 N–H and O–H groups in total. The number of pyridine rings is 1. The zero-order valence-electron chi connectivity index (χ0n) is 8.68. The fourth-order valence-electron chi connectivity index (χ4n) is 1.36. The summed E-state index contributed by atoms with van der Waals surface area (Å²) in [5.41, 5.74) is 4.81. The molecule has 0 amide bonds. The highest BCUT2D eigenvalue weighted by Gasteiger charge is 2.05. The van der Waals surface area contributed by atoms with E-state index in [9.17, 15) is 14.0 Å². The van der Waals surface area contributed by atoms with Gasteiger partial charge in [0.1, 0.15) is 0 Å². The van der Waals surface area contributed by atoms with E-state index < -0.39 is 17.1 Å². The third-order valence-corrected chi connectivity index (χ3v) is 2.14. The quantitative estimate of drug-likeness (QED) is 0.748. The van der Waals surface area contributed by atoms with Crippen molar-refractivity contribution in [1.82, 2.24) is 14.5 Å². The Hall–Kier alpha value is -2.44. The van der Waals surface area contributed by atoms with E-state index in [1.165, 1.54) is 6.20 Å². The summed E-state index contributed by atoms with van der Waals surface area (Å²) in [5, 5.41) is 0. The molecule has 0 saturated carbocycles. The Kier molecular flexibility index (Phi) is 2.73. The average Bonchev–Trinajstić information content (AvgIpc) is 2.26. The molecule has 0 saturated heterocycles. The molecule has 0 bridgehead atoms. The highest BCUT2D eigenvalue weighted by molar-refractivity contribution is 5.37. The van der Waals surface area contributed by atoms with E-state index in [4.69, 9.17) is 5.73 Å². The molecule has 0 aromatic carbocycles. The molecule has 17 heavy (non-hydrogen) atoms. The van der Waals surface area contributed by atoms with Crippen LogP contribution in [0.15, 0.2) is 34.1 Å². The van der Waals surface area contributed by atoms with Crippen molar-refractivity contribution in [3.63, 3.8) is 0 Å². The first-order chi connectivity index (χ1) is 8.06. The van der Waals surface area contributed by atoms with Gasteiger partial charge in [0.05, 0.1) is 18.4 Å². The highest BCUT2D eigenvalue weighted by atomic mass is 19.1. The van der Waals surface area contributed by atoms with Crippen LogP contribution in [-0.4, -0.2) is 14.5 Å². The molecule has 0 aliphatic carbocycles. The standard InChI is InChI=1S/C10H9FN4O2/c11-8-5-15(10(17)14-9(8)16)4-7-3-6(12)1-2-13-7/h1-3,5H,4H2,(H2,12,13)(H,14,16,17). The predicted octanol–water partition coefficient (Wildman–Crippen LogP) is -0.299. The molecule has 88 valence electrons. The lowest BCUT2D eigenvalue weighted by Crippen LogP contribution is -2.31. The van der Waals surface area contributed by atoms with Crippen molar-refractivity contribution in [2.24, 2.45) is 0 Å². The van der Waals surface area contributed by atoms with Crippen molar-refractivity contribution < 1.29 is 4.39 Å². The summed E-state index contributed by atoms with van der Waals surface area (Å²) in [6.07, 6.45) is 2.32. The average molecular weight is 236 g/mol. The number of hydrogen-bond donors (Lipinski definition) is 2. The van der Waals surface area contributed by atoms with E-state index in [2.05, 4.69) is 4.98 Å². The summed E-state index contributed by atoms with van der Waals surface area (Å²) in [6.45, 7) is 0.0393. The molecule has 6 nitrogen and oxygen atoms in total. The summed E-state index contributed by atoms with van der Waals surface area (Å²) >= 11 is 0. The highest BCUT2D eigenvalue weighted by Crippen LogP contribution is 2.03. The second-order valence-corrected chi connectivity index (χ2v) is 3.44. The van der Waals surface area contributed by atoms with Crippen molar-refractivity contribution in [2.45, 2.75) is 6.54 Å². The van der Waals surface area contributed by atoms with Gasteiger partial charge in [-0.05, 0) is 12.1 Å². The molecule has 0 spiro atoms. The molecule has 0 fully saturated rings. The van der Waals surface area contributed by atoms with Crippen LogP contribution >= 0.6 is 0 Å². The largest absolute Gasteiger partial charge is 0.399 e. The SMILES string of the molecule is Nc1ccnc(Cn2cc(F)c(=O)[nH]c2=O)c1. The van der Waals surface area contributed by atoms with Crippen LogP contribution in [-0.2, 0) is 6.54 Å². The Morgan fingerprint density at radius 2 is 2.24 bits per heavy atom. The third-order valence-electron chi connectivity index (χ3n) is 2.14. The zero-order valence-corrected chi connectivity index (χ0v) is 8.68. The van der Waals surface area contributed by atoms with Gasteiger partial charge in [0.25, 0.3) is 5.56 Å². The lowest BCUT2D eigenvalue weighted by molar-refractivity contribution is 0.564. The molecule has 0 radical (unpaired) electrons. The van der Waals surface area contributed by atoms with Crippen molar-refractivity contribution in [3.8, 4) is 0 Å². The van der Waals surface area contributed by atoms with E-state index in [-0.39, 0.29) is 6.54 Å². The molecular weight excluding hydrogens is 227 g/mol. The van der Waals surface area contributed by atoms with E-state index in [0.717, 1.165) is 10.8 Å². The van der Waals surface area contributed by atoms with Crippen LogP contribution in [0.25, 0.3) is 0 Å². The second-order valence-electron chi connectivity index (χ2n) is 3.44. The number of hydrogen-bond acceptors (Lipinski definition) is 4. The van der Waals surface area contributed by atoms with Crippen molar-refractivity contribution >= 4 is 5.69 Å². The number of rotatable bonds is 2. The van der Waals surface area contributed by atoms with Gasteiger partial charge >= 0.3 is 5.69 Å². The van der Waals surface area contributed by atoms with E-state index >= 15 is 0 Å². The molecule has 2 rings (SSSR count). The van der Waals surface area contributed by atoms with Crippen molar-refractivity contribution in [1.29, 1.82) is 0 Å². The van der Waals surface area contributed by atoms with Gasteiger partial charge in [-0.25, -0.2) is 4.79 Å². The van der Waals surface area contributed by atoms with Crippen LogP contribution in [0.2, 0.25) is 0 Å². The van der Waals surface area contributed by atoms with Crippen LogP contribution in [0.5, 0.6) is 0 Å². The topological polar surface area (TPSA) is 93.8 Å². The summed E-state index contributed by atoms with van der Waals surface area (Å²) in [4.78, 5) is 28.0. The number of nitrogen functional groups attached to an aromatic ring is 1. The van der Waals surface area contributed by atoms with Gasteiger partial charge in [-0.15, -0.1) is 0 Å². The number of nitrogens with zero attached hydrogens (tertiary/aromatic N) is 2. The predicted molar refractivity (Wildman–Crippen MR) is 59.0 cm³/mol. The molecule has 2 aromatic heterocycles. The molecule has 0 atom stereocenters. The number of aromatic amines is 1. The number of aromatic nitrogens is 3. The Labute approximate surface area is 94.6 Å². The van der Waals surface area contributed by atoms with Gasteiger partial charge in [-0.1, -0.05) is 0 Å². The second kappa shape index (κ2) is 4.20. The zero-order chi connectivity index (χ0) is 12.4. The molecule has 0 aliphatic rings. The van der Waals surface area contributed by atoms with Crippen LogP contribution in [0, 0.1) is 5.82 Å². The van der Waals surface area contributed by atoms with Gasteiger partial charge < -0.3 is 5.73 Å². The Morgan fingerprint density at radius 3 is 2.94 bits per heavy atom. The van der Waals surface area contributed by atoms with E-state index in [0.29, 0.717) is 11.4 Å². The van der Waals surface area contributed by atoms with Gasteiger partial charge in [-0.3, -0.25) is 19.3 Å². The number of nitrogens with one attached hydrogen (secondary N) is 1. The minimum Gasteiger partial charge on any atom is -0.399 e. The minimum absolute atomic E-state index is 0.0393. The summed E-state index contributed by atoms with van der Waals surface area (Å²) in [6, 6.07) is 3.16. The van der Waals surface area contributed by atoms with E-state index in [1.54, 1.807) is 12.1 Å². The summed E-state index contributed by atoms with van der Waals surface area (Å²) in [7, 11) is 0. The maximum Gasteiger partial charge on any atom is 0.328 e. The smallest absolute Gasteiger partial charge is 0.328 e. The molecule has 2 heterocycles. The fraction of sp³-hybridized carbons (Fsp3) is 0.100. The van der Waals surface area contributed by atoms with Gasteiger partial charge in [-0.2, -0.15) is 4.39 Å². The molecule has 0 aliphatic heterocycles. The van der Waals surface area contributed by atoms with Crippen LogP contribution < -0.4 is 17.0 Å². The maximum atomic E-state index is 13.0. The number of halogens is 1. The Balaban J connectivity index is 2.40. The molecule has 0 unspecified atom stereocenters. The third kappa shape index (κ3) is 2.39. The van der Waals surface area contributed by atoms with Crippen LogP contribution in [0.4, 0.5) is 10.1 Å². The first-order valence-corrected chi connectivity index (χ1v) is 4.76. The first kappa shape index (κ1) is 11.1. The lowest BCUT2D eigenvalue weighted by atomic mass is 10.3.